The van der Waals surface area contributed by atoms with Crippen molar-refractivity contribution in [3.8, 4) is 0 Å². The van der Waals surface area contributed by atoms with Crippen molar-refractivity contribution in [1.29, 1.82) is 0 Å². The summed E-state index contributed by atoms with van der Waals surface area (Å²) in [5.41, 5.74) is -0.395. The largest absolute Gasteiger partial charge is 0.433 e. The summed E-state index contributed by atoms with van der Waals surface area (Å²) in [6.45, 7) is 1.74. The molecule has 0 fully saturated rings. The maximum Gasteiger partial charge on any atom is 0.433 e. The zero-order valence-corrected chi connectivity index (χ0v) is 11.3. The molecule has 0 aromatic carbocycles. The van der Waals surface area contributed by atoms with Gasteiger partial charge < -0.3 is 4.98 Å². The molecular formula is C13H10F3N5O. The van der Waals surface area contributed by atoms with E-state index in [4.69, 9.17) is 0 Å². The number of halogens is 3. The summed E-state index contributed by atoms with van der Waals surface area (Å²) in [6.07, 6.45) is -0.709. The Morgan fingerprint density at radius 1 is 1.23 bits per heavy atom. The van der Waals surface area contributed by atoms with Crippen LogP contribution in [0.15, 0.2) is 35.6 Å². The molecule has 0 aliphatic heterocycles. The third kappa shape index (κ3) is 2.34. The Morgan fingerprint density at radius 2 is 2.00 bits per heavy atom. The van der Waals surface area contributed by atoms with Crippen LogP contribution in [0.2, 0.25) is 0 Å². The summed E-state index contributed by atoms with van der Waals surface area (Å²) >= 11 is 0. The molecule has 3 rings (SSSR count). The van der Waals surface area contributed by atoms with Crippen LogP contribution in [0.5, 0.6) is 0 Å². The molecule has 0 spiro atoms. The van der Waals surface area contributed by atoms with Gasteiger partial charge in [0.2, 0.25) is 0 Å². The number of pyridine rings is 1. The second-order valence-corrected chi connectivity index (χ2v) is 4.71. The van der Waals surface area contributed by atoms with E-state index in [0.29, 0.717) is 16.6 Å². The van der Waals surface area contributed by atoms with E-state index < -0.39 is 17.9 Å². The molecule has 1 unspecified atom stereocenters. The van der Waals surface area contributed by atoms with Crippen LogP contribution < -0.4 is 5.56 Å². The second-order valence-electron chi connectivity index (χ2n) is 4.71. The van der Waals surface area contributed by atoms with Gasteiger partial charge in [0, 0.05) is 6.20 Å². The summed E-state index contributed by atoms with van der Waals surface area (Å²) in [5.74, 6) is 0. The molecule has 1 N–H and O–H groups in total. The van der Waals surface area contributed by atoms with Gasteiger partial charge >= 0.3 is 6.18 Å². The molecule has 0 saturated heterocycles. The lowest BCUT2D eigenvalue weighted by molar-refractivity contribution is -0.141. The molecule has 0 aliphatic rings. The molecule has 9 heteroatoms. The fraction of sp³-hybridized carbons (Fsp3) is 0.231. The lowest BCUT2D eigenvalue weighted by Gasteiger charge is -2.14. The first-order chi connectivity index (χ1) is 10.4. The Labute approximate surface area is 121 Å². The molecule has 22 heavy (non-hydrogen) atoms. The number of fused-ring (bicyclic) bond motifs is 1. The van der Waals surface area contributed by atoms with Gasteiger partial charge in [0.25, 0.3) is 5.56 Å². The zero-order chi connectivity index (χ0) is 15.9. The van der Waals surface area contributed by atoms with Crippen LogP contribution in [-0.2, 0) is 6.18 Å². The topological polar surface area (TPSA) is 76.5 Å². The Balaban J connectivity index is 2.01. The molecule has 0 aliphatic carbocycles. The number of hydrogen-bond acceptors (Lipinski definition) is 4. The molecule has 3 heterocycles. The Hall–Kier alpha value is -2.71. The average Bonchev–Trinajstić information content (AvgIpc) is 2.91. The zero-order valence-electron chi connectivity index (χ0n) is 11.3. The monoisotopic (exact) mass is 309 g/mol. The molecule has 6 nitrogen and oxygen atoms in total. The fourth-order valence-electron chi connectivity index (χ4n) is 2.12. The Bertz CT molecular complexity index is 866. The molecule has 0 amide bonds. The predicted octanol–water partition coefficient (Wildman–Crippen LogP) is 2.14. The van der Waals surface area contributed by atoms with Crippen molar-refractivity contribution in [2.24, 2.45) is 0 Å². The van der Waals surface area contributed by atoms with Crippen molar-refractivity contribution in [2.45, 2.75) is 19.1 Å². The number of aromatic amines is 1. The third-order valence-electron chi connectivity index (χ3n) is 3.32. The normalized spacial score (nSPS) is 13.5. The number of H-pyrrole nitrogens is 1. The van der Waals surface area contributed by atoms with Gasteiger partial charge in [-0.3, -0.25) is 9.78 Å². The first-order valence-electron chi connectivity index (χ1n) is 6.32. The van der Waals surface area contributed by atoms with E-state index >= 15 is 0 Å². The first kappa shape index (κ1) is 14.2. The second kappa shape index (κ2) is 4.93. The molecule has 0 saturated carbocycles. The van der Waals surface area contributed by atoms with Crippen LogP contribution in [0, 0.1) is 0 Å². The molecule has 0 bridgehead atoms. The van der Waals surface area contributed by atoms with E-state index in [9.17, 15) is 18.0 Å². The van der Waals surface area contributed by atoms with Crippen LogP contribution >= 0.6 is 0 Å². The summed E-state index contributed by atoms with van der Waals surface area (Å²) in [4.78, 5) is 21.5. The van der Waals surface area contributed by atoms with Crippen LogP contribution in [0.25, 0.3) is 11.0 Å². The highest BCUT2D eigenvalue weighted by Crippen LogP contribution is 2.28. The standard InChI is InChI=1S/C13H10F3N5O/c1-7(8-2-3-10(17-4-8)13(14,15)16)21-11-9(5-20-21)12(22)19-6-18-11/h2-7H,1H3,(H,18,19,22). The van der Waals surface area contributed by atoms with Gasteiger partial charge in [0.15, 0.2) is 5.65 Å². The van der Waals surface area contributed by atoms with Gasteiger partial charge in [0.1, 0.15) is 11.1 Å². The smallest absolute Gasteiger partial charge is 0.312 e. The number of aromatic nitrogens is 5. The molecule has 114 valence electrons. The van der Waals surface area contributed by atoms with Crippen LogP contribution in [0.3, 0.4) is 0 Å². The molecule has 3 aromatic heterocycles. The lowest BCUT2D eigenvalue weighted by atomic mass is 10.1. The van der Waals surface area contributed by atoms with Crippen molar-refractivity contribution in [3.05, 3.63) is 52.5 Å². The number of rotatable bonds is 2. The van der Waals surface area contributed by atoms with E-state index in [1.54, 1.807) is 6.92 Å². The Kier molecular flexibility index (Phi) is 3.19. The summed E-state index contributed by atoms with van der Waals surface area (Å²) < 4.78 is 39.0. The van der Waals surface area contributed by atoms with Crippen molar-refractivity contribution in [3.63, 3.8) is 0 Å². The van der Waals surface area contributed by atoms with Gasteiger partial charge in [-0.1, -0.05) is 6.07 Å². The van der Waals surface area contributed by atoms with Crippen LogP contribution in [-0.4, -0.2) is 24.7 Å². The highest BCUT2D eigenvalue weighted by Gasteiger charge is 2.32. The van der Waals surface area contributed by atoms with E-state index in [-0.39, 0.29) is 5.56 Å². The SMILES string of the molecule is CC(c1ccc(C(F)(F)F)nc1)n1ncc2c(=O)[nH]cnc21. The van der Waals surface area contributed by atoms with Crippen LogP contribution in [0.1, 0.15) is 24.2 Å². The number of nitrogens with zero attached hydrogens (tertiary/aromatic N) is 4. The Morgan fingerprint density at radius 3 is 2.64 bits per heavy atom. The van der Waals surface area contributed by atoms with Crippen molar-refractivity contribution in [1.82, 2.24) is 24.7 Å². The van der Waals surface area contributed by atoms with Crippen LogP contribution in [0.4, 0.5) is 13.2 Å². The van der Waals surface area contributed by atoms with Gasteiger partial charge in [-0.25, -0.2) is 9.67 Å². The maximum absolute atomic E-state index is 12.5. The summed E-state index contributed by atoms with van der Waals surface area (Å²) in [5, 5.41) is 4.40. The molecule has 0 radical (unpaired) electrons. The molecule has 3 aromatic rings. The predicted molar refractivity (Wildman–Crippen MR) is 71.2 cm³/mol. The van der Waals surface area contributed by atoms with Gasteiger partial charge in [0.05, 0.1) is 18.6 Å². The summed E-state index contributed by atoms with van der Waals surface area (Å²) in [7, 11) is 0. The lowest BCUT2D eigenvalue weighted by Crippen LogP contribution is -2.13. The van der Waals surface area contributed by atoms with E-state index in [1.807, 2.05) is 0 Å². The van der Waals surface area contributed by atoms with Crippen molar-refractivity contribution >= 4 is 11.0 Å². The van der Waals surface area contributed by atoms with E-state index in [1.165, 1.54) is 23.3 Å². The van der Waals surface area contributed by atoms with Gasteiger partial charge in [-0.05, 0) is 18.6 Å². The number of alkyl halides is 3. The minimum Gasteiger partial charge on any atom is -0.312 e. The third-order valence-corrected chi connectivity index (χ3v) is 3.32. The van der Waals surface area contributed by atoms with Crippen molar-refractivity contribution < 1.29 is 13.2 Å². The number of nitrogens with one attached hydrogen (secondary N) is 1. The minimum atomic E-state index is -4.48. The van der Waals surface area contributed by atoms with Gasteiger partial charge in [-0.15, -0.1) is 0 Å². The van der Waals surface area contributed by atoms with Crippen molar-refractivity contribution in [2.75, 3.05) is 0 Å². The maximum atomic E-state index is 12.5. The first-order valence-corrected chi connectivity index (χ1v) is 6.32. The highest BCUT2D eigenvalue weighted by atomic mass is 19.4. The molecule has 1 atom stereocenters. The van der Waals surface area contributed by atoms with E-state index in [2.05, 4.69) is 20.1 Å². The van der Waals surface area contributed by atoms with E-state index in [0.717, 1.165) is 12.3 Å². The average molecular weight is 309 g/mol. The minimum absolute atomic E-state index is 0.314. The van der Waals surface area contributed by atoms with Gasteiger partial charge in [-0.2, -0.15) is 18.3 Å². The fourth-order valence-corrected chi connectivity index (χ4v) is 2.12. The quantitative estimate of drug-likeness (QED) is 0.787. The number of hydrogen-bond donors (Lipinski definition) is 1. The summed E-state index contributed by atoms with van der Waals surface area (Å²) in [6, 6.07) is 1.83. The molecular weight excluding hydrogens is 299 g/mol. The highest BCUT2D eigenvalue weighted by molar-refractivity contribution is 5.72.